The van der Waals surface area contributed by atoms with E-state index in [0.29, 0.717) is 24.6 Å². The summed E-state index contributed by atoms with van der Waals surface area (Å²) in [6.45, 7) is 9.97. The Labute approximate surface area is 238 Å². The molecule has 0 unspecified atom stereocenters. The Balaban J connectivity index is 2.00. The van der Waals surface area contributed by atoms with Gasteiger partial charge in [0, 0.05) is 13.1 Å². The maximum absolute atomic E-state index is 13.9. The fourth-order valence-electron chi connectivity index (χ4n) is 4.06. The van der Waals surface area contributed by atoms with Crippen molar-refractivity contribution in [2.24, 2.45) is 5.92 Å². The monoisotopic (exact) mass is 565 g/mol. The summed E-state index contributed by atoms with van der Waals surface area (Å²) in [7, 11) is -4.12. The average Bonchev–Trinajstić information content (AvgIpc) is 2.94. The molecule has 214 valence electrons. The number of carbonyl (C=O) groups is 2. The van der Waals surface area contributed by atoms with Gasteiger partial charge < -0.3 is 15.0 Å². The van der Waals surface area contributed by atoms with E-state index in [1.54, 1.807) is 43.3 Å². The number of amides is 2. The van der Waals surface area contributed by atoms with Crippen LogP contribution in [0.5, 0.6) is 5.75 Å². The van der Waals surface area contributed by atoms with Crippen molar-refractivity contribution in [1.29, 1.82) is 0 Å². The highest BCUT2D eigenvalue weighted by molar-refractivity contribution is 7.92. The Morgan fingerprint density at radius 2 is 1.52 bits per heavy atom. The largest absolute Gasteiger partial charge is 0.494 e. The number of nitrogens with zero attached hydrogens (tertiary/aromatic N) is 2. The number of nitrogens with one attached hydrogen (secondary N) is 1. The summed E-state index contributed by atoms with van der Waals surface area (Å²) in [5.74, 6) is 0.0308. The molecule has 40 heavy (non-hydrogen) atoms. The Morgan fingerprint density at radius 1 is 0.900 bits per heavy atom. The zero-order valence-electron chi connectivity index (χ0n) is 23.8. The van der Waals surface area contributed by atoms with Crippen LogP contribution in [0.1, 0.15) is 38.8 Å². The van der Waals surface area contributed by atoms with Crippen molar-refractivity contribution in [1.82, 2.24) is 10.2 Å². The van der Waals surface area contributed by atoms with E-state index in [-0.39, 0.29) is 23.3 Å². The van der Waals surface area contributed by atoms with E-state index < -0.39 is 28.5 Å². The Hall–Kier alpha value is -3.85. The number of hydrogen-bond acceptors (Lipinski definition) is 5. The highest BCUT2D eigenvalue weighted by Crippen LogP contribution is 2.27. The predicted molar refractivity (Wildman–Crippen MR) is 158 cm³/mol. The molecule has 0 aromatic heterocycles. The Kier molecular flexibility index (Phi) is 10.7. The van der Waals surface area contributed by atoms with Crippen LogP contribution in [-0.2, 0) is 26.2 Å². The fourth-order valence-corrected chi connectivity index (χ4v) is 5.47. The van der Waals surface area contributed by atoms with Crippen molar-refractivity contribution in [3.63, 3.8) is 0 Å². The van der Waals surface area contributed by atoms with Gasteiger partial charge in [-0.25, -0.2) is 8.42 Å². The smallest absolute Gasteiger partial charge is 0.264 e. The van der Waals surface area contributed by atoms with Gasteiger partial charge in [-0.1, -0.05) is 61.9 Å². The maximum atomic E-state index is 13.9. The Bertz CT molecular complexity index is 1360. The number of ether oxygens (including phenoxy) is 1. The van der Waals surface area contributed by atoms with E-state index in [4.69, 9.17) is 4.74 Å². The van der Waals surface area contributed by atoms with Crippen LogP contribution < -0.4 is 14.4 Å². The number of hydrogen-bond donors (Lipinski definition) is 1. The second-order valence-electron chi connectivity index (χ2n) is 10.1. The molecule has 2 amide bonds. The molecule has 3 aromatic carbocycles. The standard InChI is InChI=1S/C31H39N3O5S/c1-6-39-28-16-14-27(15-17-28)34(40(37,38)29-18-12-24(4)13-19-29)22-30(35)33(21-26-10-8-7-9-11-26)25(5)31(36)32-20-23(2)3/h7-19,23,25H,6,20-22H2,1-5H3,(H,32,36)/t25-/m1/s1. The van der Waals surface area contributed by atoms with Gasteiger partial charge in [0.25, 0.3) is 10.0 Å². The van der Waals surface area contributed by atoms with E-state index in [0.717, 1.165) is 15.4 Å². The molecular formula is C31H39N3O5S. The van der Waals surface area contributed by atoms with E-state index >= 15 is 0 Å². The molecule has 3 rings (SSSR count). The van der Waals surface area contributed by atoms with Crippen molar-refractivity contribution < 1.29 is 22.7 Å². The van der Waals surface area contributed by atoms with Gasteiger partial charge in [-0.2, -0.15) is 0 Å². The molecule has 0 aliphatic carbocycles. The highest BCUT2D eigenvalue weighted by atomic mass is 32.2. The maximum Gasteiger partial charge on any atom is 0.264 e. The normalized spacial score (nSPS) is 12.1. The summed E-state index contributed by atoms with van der Waals surface area (Å²) >= 11 is 0. The zero-order chi connectivity index (χ0) is 29.3. The number of aryl methyl sites for hydroxylation is 1. The molecule has 8 nitrogen and oxygen atoms in total. The first-order valence-electron chi connectivity index (χ1n) is 13.5. The van der Waals surface area contributed by atoms with E-state index in [1.165, 1.54) is 17.0 Å². The lowest BCUT2D eigenvalue weighted by Crippen LogP contribution is -2.51. The first kappa shape index (κ1) is 30.7. The summed E-state index contributed by atoms with van der Waals surface area (Å²) in [4.78, 5) is 28.5. The molecule has 0 spiro atoms. The zero-order valence-corrected chi connectivity index (χ0v) is 24.6. The first-order chi connectivity index (χ1) is 19.0. The SMILES string of the molecule is CCOc1ccc(N(CC(=O)N(Cc2ccccc2)[C@H](C)C(=O)NCC(C)C)S(=O)(=O)c2ccc(C)cc2)cc1. The molecule has 0 heterocycles. The van der Waals surface area contributed by atoms with Gasteiger partial charge in [0.1, 0.15) is 18.3 Å². The van der Waals surface area contributed by atoms with Gasteiger partial charge in [0.15, 0.2) is 0 Å². The summed E-state index contributed by atoms with van der Waals surface area (Å²) in [6.07, 6.45) is 0. The quantitative estimate of drug-likeness (QED) is 0.322. The lowest BCUT2D eigenvalue weighted by molar-refractivity contribution is -0.139. The number of benzene rings is 3. The van der Waals surface area contributed by atoms with Crippen molar-refractivity contribution >= 4 is 27.5 Å². The minimum atomic E-state index is -4.12. The predicted octanol–water partition coefficient (Wildman–Crippen LogP) is 4.78. The molecule has 0 aliphatic heterocycles. The Morgan fingerprint density at radius 3 is 2.10 bits per heavy atom. The summed E-state index contributed by atoms with van der Waals surface area (Å²) < 4.78 is 34.4. The number of sulfonamides is 1. The minimum absolute atomic E-state index is 0.0668. The van der Waals surface area contributed by atoms with Crippen LogP contribution in [0.4, 0.5) is 5.69 Å². The van der Waals surface area contributed by atoms with E-state index in [2.05, 4.69) is 5.32 Å². The van der Waals surface area contributed by atoms with Crippen LogP contribution >= 0.6 is 0 Å². The van der Waals surface area contributed by atoms with Gasteiger partial charge in [-0.05, 0) is 68.7 Å². The van der Waals surface area contributed by atoms with Gasteiger partial charge in [-0.3, -0.25) is 13.9 Å². The van der Waals surface area contributed by atoms with E-state index in [1.807, 2.05) is 58.0 Å². The summed E-state index contributed by atoms with van der Waals surface area (Å²) in [5, 5.41) is 2.89. The number of carbonyl (C=O) groups excluding carboxylic acids is 2. The summed E-state index contributed by atoms with van der Waals surface area (Å²) in [6, 6.07) is 21.6. The molecule has 1 atom stereocenters. The molecule has 0 saturated heterocycles. The third-order valence-corrected chi connectivity index (χ3v) is 8.16. The lowest BCUT2D eigenvalue weighted by atomic mass is 10.1. The molecule has 0 fully saturated rings. The van der Waals surface area contributed by atoms with Crippen molar-refractivity contribution in [2.45, 2.75) is 52.1 Å². The summed E-state index contributed by atoms with van der Waals surface area (Å²) in [5.41, 5.74) is 2.06. The second-order valence-corrected chi connectivity index (χ2v) is 11.9. The number of rotatable bonds is 13. The second kappa shape index (κ2) is 14.0. The van der Waals surface area contributed by atoms with Crippen LogP contribution in [0, 0.1) is 12.8 Å². The average molecular weight is 566 g/mol. The van der Waals surface area contributed by atoms with Crippen molar-refractivity contribution in [3.8, 4) is 5.75 Å². The van der Waals surface area contributed by atoms with E-state index in [9.17, 15) is 18.0 Å². The number of anilines is 1. The topological polar surface area (TPSA) is 96.0 Å². The fraction of sp³-hybridized carbons (Fsp3) is 0.355. The van der Waals surface area contributed by atoms with Gasteiger partial charge in [0.2, 0.25) is 11.8 Å². The molecular weight excluding hydrogens is 526 g/mol. The van der Waals surface area contributed by atoms with Gasteiger partial charge >= 0.3 is 0 Å². The molecule has 0 bridgehead atoms. The van der Waals surface area contributed by atoms with Crippen LogP contribution in [0.15, 0.2) is 83.8 Å². The third-order valence-electron chi connectivity index (χ3n) is 6.37. The highest BCUT2D eigenvalue weighted by Gasteiger charge is 2.32. The first-order valence-corrected chi connectivity index (χ1v) is 14.9. The van der Waals surface area contributed by atoms with Gasteiger partial charge in [0.05, 0.1) is 17.2 Å². The lowest BCUT2D eigenvalue weighted by Gasteiger charge is -2.32. The van der Waals surface area contributed by atoms with Crippen LogP contribution in [0.2, 0.25) is 0 Å². The van der Waals surface area contributed by atoms with Crippen molar-refractivity contribution in [3.05, 3.63) is 90.0 Å². The van der Waals surface area contributed by atoms with Gasteiger partial charge in [-0.15, -0.1) is 0 Å². The minimum Gasteiger partial charge on any atom is -0.494 e. The molecule has 0 saturated carbocycles. The molecule has 1 N–H and O–H groups in total. The molecule has 9 heteroatoms. The third kappa shape index (κ3) is 8.08. The van der Waals surface area contributed by atoms with Crippen LogP contribution in [0.3, 0.4) is 0 Å². The molecule has 3 aromatic rings. The molecule has 0 radical (unpaired) electrons. The van der Waals surface area contributed by atoms with Crippen LogP contribution in [-0.4, -0.2) is 50.9 Å². The van der Waals surface area contributed by atoms with Crippen LogP contribution in [0.25, 0.3) is 0 Å². The molecule has 0 aliphatic rings. The van der Waals surface area contributed by atoms with Crippen molar-refractivity contribution in [2.75, 3.05) is 24.0 Å².